The average molecular weight is 288 g/mol. The van der Waals surface area contributed by atoms with E-state index in [-0.39, 0.29) is 5.56 Å². The van der Waals surface area contributed by atoms with Crippen LogP contribution in [0.4, 0.5) is 0 Å². The number of fused-ring (bicyclic) bond motifs is 1. The summed E-state index contributed by atoms with van der Waals surface area (Å²) in [4.78, 5) is 17.5. The number of aromatic nitrogens is 2. The van der Waals surface area contributed by atoms with E-state index in [0.29, 0.717) is 5.39 Å². The molecule has 3 aromatic rings. The molecule has 0 fully saturated rings. The second-order valence-electron chi connectivity index (χ2n) is 4.17. The van der Waals surface area contributed by atoms with Crippen LogP contribution in [0.15, 0.2) is 51.7 Å². The molecule has 2 aromatic heterocycles. The Morgan fingerprint density at radius 1 is 1.26 bits per heavy atom. The largest absolute Gasteiger partial charge is 0.290 e. The van der Waals surface area contributed by atoms with Crippen molar-refractivity contribution in [1.29, 1.82) is 0 Å². The number of hydrogen-bond acceptors (Lipinski definition) is 4. The van der Waals surface area contributed by atoms with Crippen molar-refractivity contribution in [2.75, 3.05) is 0 Å². The maximum atomic E-state index is 12.1. The summed E-state index contributed by atoms with van der Waals surface area (Å²) in [5.41, 5.74) is 1.26. The highest BCUT2D eigenvalue weighted by molar-refractivity contribution is 7.98. The molecule has 0 amide bonds. The molecule has 1 aromatic carbocycles. The second kappa shape index (κ2) is 5.19. The number of thioether (sulfide) groups is 1. The van der Waals surface area contributed by atoms with Gasteiger partial charge >= 0.3 is 0 Å². The number of rotatable bonds is 3. The van der Waals surface area contributed by atoms with Crippen molar-refractivity contribution in [3.8, 4) is 0 Å². The third kappa shape index (κ3) is 2.43. The lowest BCUT2D eigenvalue weighted by molar-refractivity contribution is 0.728. The molecule has 5 heteroatoms. The molecule has 3 rings (SSSR count). The first-order valence-corrected chi connectivity index (χ1v) is 7.73. The Morgan fingerprint density at radius 3 is 2.84 bits per heavy atom. The average Bonchev–Trinajstić information content (AvgIpc) is 2.91. The van der Waals surface area contributed by atoms with Crippen molar-refractivity contribution in [2.45, 2.75) is 10.9 Å². The number of thiophene rings is 1. The van der Waals surface area contributed by atoms with E-state index >= 15 is 0 Å². The van der Waals surface area contributed by atoms with Crippen LogP contribution >= 0.6 is 23.1 Å². The van der Waals surface area contributed by atoms with E-state index in [4.69, 9.17) is 0 Å². The molecular weight excluding hydrogens is 276 g/mol. The predicted molar refractivity (Wildman–Crippen MR) is 80.9 cm³/mol. The topological polar surface area (TPSA) is 34.9 Å². The van der Waals surface area contributed by atoms with E-state index in [2.05, 4.69) is 17.1 Å². The molecule has 0 bridgehead atoms. The first kappa shape index (κ1) is 12.4. The van der Waals surface area contributed by atoms with Crippen molar-refractivity contribution >= 4 is 33.3 Å². The van der Waals surface area contributed by atoms with Crippen molar-refractivity contribution < 1.29 is 0 Å². The van der Waals surface area contributed by atoms with Crippen LogP contribution in [0.5, 0.6) is 0 Å². The molecule has 0 saturated carbocycles. The summed E-state index contributed by atoms with van der Waals surface area (Å²) in [6.45, 7) is 0. The summed E-state index contributed by atoms with van der Waals surface area (Å²) in [7, 11) is 1.78. The van der Waals surface area contributed by atoms with Crippen LogP contribution in [0.1, 0.15) is 5.56 Å². The Kier molecular flexibility index (Phi) is 3.40. The maximum Gasteiger partial charge on any atom is 0.262 e. The van der Waals surface area contributed by atoms with Crippen molar-refractivity contribution in [2.24, 2.45) is 7.05 Å². The Bertz CT molecular complexity index is 762. The van der Waals surface area contributed by atoms with Crippen LogP contribution in [0.25, 0.3) is 10.2 Å². The second-order valence-corrected chi connectivity index (χ2v) is 6.01. The molecule has 0 aliphatic carbocycles. The van der Waals surface area contributed by atoms with Gasteiger partial charge in [0.15, 0.2) is 5.16 Å². The maximum absolute atomic E-state index is 12.1. The summed E-state index contributed by atoms with van der Waals surface area (Å²) in [5.74, 6) is 0.817. The standard InChI is InChI=1S/C14H12N2OS2/c1-16-13(17)11-7-8-18-12(11)15-14(16)19-9-10-5-3-2-4-6-10/h2-8H,9H2,1H3. The first-order chi connectivity index (χ1) is 9.25. The van der Waals surface area contributed by atoms with E-state index in [0.717, 1.165) is 15.7 Å². The van der Waals surface area contributed by atoms with Crippen molar-refractivity contribution in [3.05, 3.63) is 57.7 Å². The molecule has 0 atom stereocenters. The van der Waals surface area contributed by atoms with Crippen LogP contribution in [-0.2, 0) is 12.8 Å². The van der Waals surface area contributed by atoms with Gasteiger partial charge in [-0.1, -0.05) is 42.1 Å². The minimum Gasteiger partial charge on any atom is -0.290 e. The molecule has 2 heterocycles. The van der Waals surface area contributed by atoms with Gasteiger partial charge in [-0.15, -0.1) is 11.3 Å². The highest BCUT2D eigenvalue weighted by atomic mass is 32.2. The highest BCUT2D eigenvalue weighted by Gasteiger charge is 2.09. The predicted octanol–water partition coefficient (Wildman–Crippen LogP) is 3.29. The van der Waals surface area contributed by atoms with Crippen LogP contribution in [-0.4, -0.2) is 9.55 Å². The smallest absolute Gasteiger partial charge is 0.262 e. The van der Waals surface area contributed by atoms with Gasteiger partial charge in [-0.25, -0.2) is 4.98 Å². The Labute approximate surface area is 118 Å². The molecule has 3 nitrogen and oxygen atoms in total. The van der Waals surface area contributed by atoms with E-state index in [1.807, 2.05) is 29.6 Å². The van der Waals surface area contributed by atoms with Crippen LogP contribution in [0.3, 0.4) is 0 Å². The molecule has 0 radical (unpaired) electrons. The SMILES string of the molecule is Cn1c(SCc2ccccc2)nc2sccc2c1=O. The fraction of sp³-hybridized carbons (Fsp3) is 0.143. The van der Waals surface area contributed by atoms with Crippen LogP contribution < -0.4 is 5.56 Å². The zero-order valence-electron chi connectivity index (χ0n) is 10.4. The molecule has 0 saturated heterocycles. The van der Waals surface area contributed by atoms with Gasteiger partial charge in [0.1, 0.15) is 4.83 Å². The van der Waals surface area contributed by atoms with E-state index in [9.17, 15) is 4.79 Å². The summed E-state index contributed by atoms with van der Waals surface area (Å²) >= 11 is 3.10. The zero-order valence-corrected chi connectivity index (χ0v) is 12.0. The highest BCUT2D eigenvalue weighted by Crippen LogP contribution is 2.23. The third-order valence-corrected chi connectivity index (χ3v) is 4.78. The number of benzene rings is 1. The lowest BCUT2D eigenvalue weighted by Crippen LogP contribution is -2.19. The zero-order chi connectivity index (χ0) is 13.2. The Hall–Kier alpha value is -1.59. The third-order valence-electron chi connectivity index (χ3n) is 2.87. The van der Waals surface area contributed by atoms with Crippen LogP contribution in [0.2, 0.25) is 0 Å². The monoisotopic (exact) mass is 288 g/mol. The quantitative estimate of drug-likeness (QED) is 0.548. The minimum absolute atomic E-state index is 0.0295. The molecule has 19 heavy (non-hydrogen) atoms. The lowest BCUT2D eigenvalue weighted by atomic mass is 10.2. The summed E-state index contributed by atoms with van der Waals surface area (Å²) in [6, 6.07) is 12.0. The van der Waals surface area contributed by atoms with Gasteiger partial charge in [-0.05, 0) is 17.0 Å². The molecule has 0 unspecified atom stereocenters. The van der Waals surface area contributed by atoms with Gasteiger partial charge in [0.05, 0.1) is 5.39 Å². The van der Waals surface area contributed by atoms with E-state index < -0.39 is 0 Å². The molecule has 0 spiro atoms. The van der Waals surface area contributed by atoms with Gasteiger partial charge in [-0.3, -0.25) is 9.36 Å². The van der Waals surface area contributed by atoms with Gasteiger partial charge < -0.3 is 0 Å². The Balaban J connectivity index is 1.93. The van der Waals surface area contributed by atoms with Crippen LogP contribution in [0, 0.1) is 0 Å². The molecule has 0 N–H and O–H groups in total. The number of nitrogens with zero attached hydrogens (tertiary/aromatic N) is 2. The van der Waals surface area contributed by atoms with E-state index in [1.54, 1.807) is 23.4 Å². The number of hydrogen-bond donors (Lipinski definition) is 0. The van der Waals surface area contributed by atoms with Gasteiger partial charge in [0, 0.05) is 12.8 Å². The van der Waals surface area contributed by atoms with Crippen molar-refractivity contribution in [1.82, 2.24) is 9.55 Å². The Morgan fingerprint density at radius 2 is 2.05 bits per heavy atom. The minimum atomic E-state index is 0.0295. The first-order valence-electron chi connectivity index (χ1n) is 5.86. The lowest BCUT2D eigenvalue weighted by Gasteiger charge is -2.06. The van der Waals surface area contributed by atoms with Crippen molar-refractivity contribution in [3.63, 3.8) is 0 Å². The normalized spacial score (nSPS) is 11.0. The molecular formula is C14H12N2OS2. The van der Waals surface area contributed by atoms with E-state index in [1.165, 1.54) is 16.9 Å². The molecule has 0 aliphatic rings. The van der Waals surface area contributed by atoms with Gasteiger partial charge in [0.2, 0.25) is 0 Å². The van der Waals surface area contributed by atoms with Gasteiger partial charge in [0.25, 0.3) is 5.56 Å². The fourth-order valence-electron chi connectivity index (χ4n) is 1.83. The molecule has 96 valence electrons. The molecule has 0 aliphatic heterocycles. The summed E-state index contributed by atoms with van der Waals surface area (Å²) < 4.78 is 1.63. The fourth-order valence-corrected chi connectivity index (χ4v) is 3.56. The van der Waals surface area contributed by atoms with Gasteiger partial charge in [-0.2, -0.15) is 0 Å². The summed E-state index contributed by atoms with van der Waals surface area (Å²) in [5, 5.41) is 3.38. The summed E-state index contributed by atoms with van der Waals surface area (Å²) in [6.07, 6.45) is 0.